The zero-order valence-corrected chi connectivity index (χ0v) is 21.4. The molecule has 2 rings (SSSR count). The summed E-state index contributed by atoms with van der Waals surface area (Å²) >= 11 is 0. The molecule has 1 atom stereocenters. The minimum atomic E-state index is -0.0693. The Hall–Kier alpha value is -1.55. The molecule has 3 nitrogen and oxygen atoms in total. The van der Waals surface area contributed by atoms with Gasteiger partial charge in [0.25, 0.3) is 0 Å². The van der Waals surface area contributed by atoms with Crippen LogP contribution in [0.15, 0.2) is 54.6 Å². The molecule has 0 aliphatic carbocycles. The number of halogens is 1. The summed E-state index contributed by atoms with van der Waals surface area (Å²) in [5.74, 6) is 0.977. The summed E-state index contributed by atoms with van der Waals surface area (Å²) in [5, 5.41) is 3.61. The van der Waals surface area contributed by atoms with E-state index in [0.717, 1.165) is 18.7 Å². The van der Waals surface area contributed by atoms with Crippen molar-refractivity contribution in [3.63, 3.8) is 0 Å². The molecule has 1 N–H and O–H groups in total. The van der Waals surface area contributed by atoms with Gasteiger partial charge in [-0.3, -0.25) is 0 Å². The Balaban J connectivity index is 0.00000512. The molecule has 0 bridgehead atoms. The molecule has 1 unspecified atom stereocenters. The molecule has 180 valence electrons. The highest BCUT2D eigenvalue weighted by Crippen LogP contribution is 2.21. The first-order chi connectivity index (χ1) is 15.0. The topological polar surface area (TPSA) is 30.5 Å². The zero-order valence-electron chi connectivity index (χ0n) is 20.6. The quantitative estimate of drug-likeness (QED) is 0.263. The monoisotopic (exact) mass is 461 g/mol. The third-order valence-corrected chi connectivity index (χ3v) is 5.88. The fourth-order valence-electron chi connectivity index (χ4n) is 3.80. The molecule has 0 radical (unpaired) electrons. The van der Waals surface area contributed by atoms with Gasteiger partial charge in [0.2, 0.25) is 0 Å². The number of benzene rings is 2. The van der Waals surface area contributed by atoms with Gasteiger partial charge in [-0.15, -0.1) is 12.4 Å². The van der Waals surface area contributed by atoms with Crippen molar-refractivity contribution in [2.45, 2.75) is 84.3 Å². The zero-order chi connectivity index (χ0) is 22.4. The average molecular weight is 462 g/mol. The number of aryl methyl sites for hydroxylation is 1. The number of ether oxygens (including phenoxy) is 2. The SMILES string of the molecule is CCCCCCCCC(COCCNC(C)(C)c1ccccc1)Oc1ccccc1C.Cl. The smallest absolute Gasteiger partial charge is 0.122 e. The van der Waals surface area contributed by atoms with Crippen LogP contribution in [0.4, 0.5) is 0 Å². The van der Waals surface area contributed by atoms with E-state index in [9.17, 15) is 0 Å². The van der Waals surface area contributed by atoms with E-state index in [1.807, 2.05) is 6.07 Å². The second kappa shape index (κ2) is 16.1. The van der Waals surface area contributed by atoms with E-state index in [1.54, 1.807) is 0 Å². The fourth-order valence-corrected chi connectivity index (χ4v) is 3.80. The van der Waals surface area contributed by atoms with Crippen LogP contribution in [-0.4, -0.2) is 25.9 Å². The van der Waals surface area contributed by atoms with Crippen LogP contribution in [0.5, 0.6) is 5.75 Å². The molecule has 0 spiro atoms. The van der Waals surface area contributed by atoms with E-state index in [-0.39, 0.29) is 24.0 Å². The predicted octanol–water partition coefficient (Wildman–Crippen LogP) is 7.46. The lowest BCUT2D eigenvalue weighted by Gasteiger charge is -2.27. The summed E-state index contributed by atoms with van der Waals surface area (Å²) in [6.45, 7) is 10.9. The highest BCUT2D eigenvalue weighted by molar-refractivity contribution is 5.85. The molecule has 0 fully saturated rings. The molecule has 0 aliphatic heterocycles. The Kier molecular flexibility index (Phi) is 14.4. The van der Waals surface area contributed by atoms with Crippen LogP contribution in [0, 0.1) is 6.92 Å². The molecule has 2 aromatic carbocycles. The van der Waals surface area contributed by atoms with Crippen molar-refractivity contribution in [1.82, 2.24) is 5.32 Å². The summed E-state index contributed by atoms with van der Waals surface area (Å²) in [6.07, 6.45) is 8.94. The van der Waals surface area contributed by atoms with Crippen molar-refractivity contribution in [2.24, 2.45) is 0 Å². The predicted molar refractivity (Wildman–Crippen MR) is 139 cm³/mol. The molecular formula is C28H44ClNO2. The molecule has 0 aliphatic rings. The molecule has 2 aromatic rings. The number of rotatable bonds is 16. The van der Waals surface area contributed by atoms with E-state index < -0.39 is 0 Å². The van der Waals surface area contributed by atoms with E-state index in [1.165, 1.54) is 49.7 Å². The van der Waals surface area contributed by atoms with Crippen molar-refractivity contribution < 1.29 is 9.47 Å². The summed E-state index contributed by atoms with van der Waals surface area (Å²) in [6, 6.07) is 18.8. The van der Waals surface area contributed by atoms with Gasteiger partial charge in [0.05, 0.1) is 13.2 Å². The Bertz CT molecular complexity index is 720. The van der Waals surface area contributed by atoms with Gasteiger partial charge in [0.1, 0.15) is 11.9 Å². The third-order valence-electron chi connectivity index (χ3n) is 5.88. The standard InChI is InChI=1S/C28H43NO2.ClH/c1-5-6-7-8-9-13-19-26(31-27-20-15-14-16-24(27)2)23-30-22-21-29-28(3,4)25-17-11-10-12-18-25;/h10-12,14-18,20,26,29H,5-9,13,19,21-23H2,1-4H3;1H. The highest BCUT2D eigenvalue weighted by atomic mass is 35.5. The summed E-state index contributed by atoms with van der Waals surface area (Å²) < 4.78 is 12.4. The first kappa shape index (κ1) is 28.5. The Morgan fingerprint density at radius 3 is 2.25 bits per heavy atom. The Labute approximate surface area is 202 Å². The van der Waals surface area contributed by atoms with E-state index in [4.69, 9.17) is 9.47 Å². The highest BCUT2D eigenvalue weighted by Gasteiger charge is 2.19. The first-order valence-corrected chi connectivity index (χ1v) is 12.1. The van der Waals surface area contributed by atoms with Crippen LogP contribution in [0.1, 0.15) is 76.8 Å². The average Bonchev–Trinajstić information content (AvgIpc) is 2.77. The Morgan fingerprint density at radius 2 is 1.53 bits per heavy atom. The van der Waals surface area contributed by atoms with Crippen molar-refractivity contribution >= 4 is 12.4 Å². The van der Waals surface area contributed by atoms with Gasteiger partial charge in [0, 0.05) is 12.1 Å². The van der Waals surface area contributed by atoms with Gasteiger partial charge in [-0.05, 0) is 50.8 Å². The second-order valence-electron chi connectivity index (χ2n) is 9.05. The number of hydrogen-bond donors (Lipinski definition) is 1. The van der Waals surface area contributed by atoms with Crippen LogP contribution >= 0.6 is 12.4 Å². The summed E-state index contributed by atoms with van der Waals surface area (Å²) in [7, 11) is 0. The summed E-state index contributed by atoms with van der Waals surface area (Å²) in [4.78, 5) is 0. The van der Waals surface area contributed by atoms with Crippen LogP contribution in [0.3, 0.4) is 0 Å². The number of nitrogens with one attached hydrogen (secondary N) is 1. The van der Waals surface area contributed by atoms with Gasteiger partial charge in [-0.1, -0.05) is 87.6 Å². The van der Waals surface area contributed by atoms with Gasteiger partial charge in [-0.25, -0.2) is 0 Å². The maximum Gasteiger partial charge on any atom is 0.122 e. The normalized spacial score (nSPS) is 12.2. The lowest BCUT2D eigenvalue weighted by Crippen LogP contribution is -2.39. The number of para-hydroxylation sites is 1. The van der Waals surface area contributed by atoms with Gasteiger partial charge in [0.15, 0.2) is 0 Å². The lowest BCUT2D eigenvalue weighted by molar-refractivity contribution is 0.0437. The minimum absolute atomic E-state index is 0. The van der Waals surface area contributed by atoms with E-state index >= 15 is 0 Å². The molecule has 0 saturated carbocycles. The van der Waals surface area contributed by atoms with Gasteiger partial charge < -0.3 is 14.8 Å². The summed E-state index contributed by atoms with van der Waals surface area (Å²) in [5.41, 5.74) is 2.40. The molecular weight excluding hydrogens is 418 g/mol. The molecule has 0 amide bonds. The van der Waals surface area contributed by atoms with Gasteiger partial charge in [-0.2, -0.15) is 0 Å². The Morgan fingerprint density at radius 1 is 0.875 bits per heavy atom. The maximum absolute atomic E-state index is 6.34. The maximum atomic E-state index is 6.34. The van der Waals surface area contributed by atoms with Crippen molar-refractivity contribution in [1.29, 1.82) is 0 Å². The van der Waals surface area contributed by atoms with E-state index in [0.29, 0.717) is 13.2 Å². The molecule has 0 aromatic heterocycles. The minimum Gasteiger partial charge on any atom is -0.488 e. The van der Waals surface area contributed by atoms with Crippen molar-refractivity contribution in [2.75, 3.05) is 19.8 Å². The van der Waals surface area contributed by atoms with Gasteiger partial charge >= 0.3 is 0 Å². The molecule has 0 heterocycles. The van der Waals surface area contributed by atoms with Crippen molar-refractivity contribution in [3.8, 4) is 5.75 Å². The van der Waals surface area contributed by atoms with Crippen LogP contribution in [0.25, 0.3) is 0 Å². The van der Waals surface area contributed by atoms with E-state index in [2.05, 4.69) is 81.5 Å². The second-order valence-corrected chi connectivity index (χ2v) is 9.05. The van der Waals surface area contributed by atoms with Crippen LogP contribution in [-0.2, 0) is 10.3 Å². The number of hydrogen-bond acceptors (Lipinski definition) is 3. The third kappa shape index (κ3) is 10.8. The van der Waals surface area contributed by atoms with Crippen molar-refractivity contribution in [3.05, 3.63) is 65.7 Å². The largest absolute Gasteiger partial charge is 0.488 e. The molecule has 32 heavy (non-hydrogen) atoms. The van der Waals surface area contributed by atoms with Crippen LogP contribution in [0.2, 0.25) is 0 Å². The molecule has 4 heteroatoms. The molecule has 0 saturated heterocycles. The first-order valence-electron chi connectivity index (χ1n) is 12.1. The lowest BCUT2D eigenvalue weighted by atomic mass is 9.94. The number of unbranched alkanes of at least 4 members (excludes halogenated alkanes) is 5. The fraction of sp³-hybridized carbons (Fsp3) is 0.571. The van der Waals surface area contributed by atoms with Crippen LogP contribution < -0.4 is 10.1 Å².